The predicted octanol–water partition coefficient (Wildman–Crippen LogP) is 9.73. The van der Waals surface area contributed by atoms with E-state index in [1.807, 2.05) is 24.3 Å². The second-order valence-electron chi connectivity index (χ2n) is 12.7. The number of fused-ring (bicyclic) bond motifs is 3. The minimum Gasteiger partial charge on any atom is -0.506 e. The highest BCUT2D eigenvalue weighted by Crippen LogP contribution is 2.56. The van der Waals surface area contributed by atoms with E-state index in [1.165, 1.54) is 17.0 Å². The summed E-state index contributed by atoms with van der Waals surface area (Å²) < 4.78 is 12.3. The minimum absolute atomic E-state index is 0.0406. The van der Waals surface area contributed by atoms with Crippen molar-refractivity contribution in [2.24, 2.45) is 0 Å². The number of hydrogen-bond acceptors (Lipinski definition) is 7. The van der Waals surface area contributed by atoms with E-state index in [0.29, 0.717) is 46.9 Å². The number of nitrogen functional groups attached to an aromatic ring is 1. The molecule has 4 N–H and O–H groups in total. The number of anilines is 3. The molecule has 0 fully saturated rings. The maximum atomic E-state index is 12.0. The van der Waals surface area contributed by atoms with E-state index in [1.54, 1.807) is 48.5 Å². The first-order chi connectivity index (χ1) is 25.9. The number of ether oxygens (including phenoxy) is 2. The monoisotopic (exact) mass is 696 g/mol. The van der Waals surface area contributed by atoms with Crippen molar-refractivity contribution in [3.8, 4) is 45.6 Å². The third-order valence-corrected chi connectivity index (χ3v) is 9.60. The van der Waals surface area contributed by atoms with E-state index < -0.39 is 5.41 Å². The average molecular weight is 697 g/mol. The van der Waals surface area contributed by atoms with Gasteiger partial charge in [0.1, 0.15) is 40.8 Å². The molecule has 53 heavy (non-hydrogen) atoms. The van der Waals surface area contributed by atoms with Crippen molar-refractivity contribution in [3.63, 3.8) is 0 Å². The minimum atomic E-state index is -0.664. The zero-order valence-electron chi connectivity index (χ0n) is 28.2. The van der Waals surface area contributed by atoms with Crippen molar-refractivity contribution in [3.05, 3.63) is 186 Å². The lowest BCUT2D eigenvalue weighted by Crippen LogP contribution is -2.28. The Labute approximate surface area is 305 Å². The fourth-order valence-electron chi connectivity index (χ4n) is 7.20. The van der Waals surface area contributed by atoms with Crippen LogP contribution in [0, 0.1) is 0 Å². The Morgan fingerprint density at radius 1 is 0.547 bits per heavy atom. The lowest BCUT2D eigenvalue weighted by atomic mass is 9.68. The van der Waals surface area contributed by atoms with E-state index in [4.69, 9.17) is 15.2 Å². The van der Waals surface area contributed by atoms with Gasteiger partial charge >= 0.3 is 0 Å². The predicted molar refractivity (Wildman–Crippen MR) is 205 cm³/mol. The molecule has 0 saturated carbocycles. The molecule has 0 saturated heterocycles. The number of phenols is 2. The van der Waals surface area contributed by atoms with Gasteiger partial charge in [-0.2, -0.15) is 0 Å². The summed E-state index contributed by atoms with van der Waals surface area (Å²) in [6.07, 6.45) is 1.28. The molecule has 8 nitrogen and oxygen atoms in total. The molecule has 0 unspecified atom stereocenters. The first-order valence-electron chi connectivity index (χ1n) is 16.9. The molecule has 1 aliphatic carbocycles. The Kier molecular flexibility index (Phi) is 8.32. The summed E-state index contributed by atoms with van der Waals surface area (Å²) in [4.78, 5) is 24.6. The number of nitrogens with two attached hydrogens (primary N) is 1. The van der Waals surface area contributed by atoms with Gasteiger partial charge in [0.15, 0.2) is 0 Å². The van der Waals surface area contributed by atoms with Gasteiger partial charge in [-0.05, 0) is 94.0 Å². The molecule has 0 heterocycles. The van der Waals surface area contributed by atoms with Gasteiger partial charge in [0.25, 0.3) is 0 Å². The molecule has 1 amide bonds. The van der Waals surface area contributed by atoms with Crippen LogP contribution in [0.1, 0.15) is 32.6 Å². The number of aromatic hydroxyl groups is 2. The van der Waals surface area contributed by atoms with Crippen molar-refractivity contribution in [1.29, 1.82) is 0 Å². The molecule has 8 heteroatoms. The Bertz CT molecular complexity index is 2450. The lowest BCUT2D eigenvalue weighted by Gasteiger charge is -2.34. The molecule has 0 bridgehead atoms. The van der Waals surface area contributed by atoms with Gasteiger partial charge in [-0.25, -0.2) is 0 Å². The normalized spacial score (nSPS) is 12.3. The maximum absolute atomic E-state index is 12.0. The van der Waals surface area contributed by atoms with Gasteiger partial charge < -0.3 is 25.4 Å². The van der Waals surface area contributed by atoms with Crippen molar-refractivity contribution in [1.82, 2.24) is 0 Å². The number of carbonyl (C=O) groups excluding carboxylic acids is 2. The molecule has 0 atom stereocenters. The van der Waals surface area contributed by atoms with Crippen LogP contribution in [0.3, 0.4) is 0 Å². The van der Waals surface area contributed by atoms with Gasteiger partial charge in [-0.1, -0.05) is 84.9 Å². The summed E-state index contributed by atoms with van der Waals surface area (Å²) in [5.74, 6) is 1.80. The molecule has 7 aromatic rings. The number of aldehydes is 1. The van der Waals surface area contributed by atoms with Crippen molar-refractivity contribution < 1.29 is 29.3 Å². The standard InChI is InChI=1S/C45H32N2O6/c46-41-22-20-35(25-43(41)50)52-33-16-12-30(13-17-33)45(39-10-3-1-8-37(39)38-9-2-4-11-40(38)45)31-14-18-34(19-15-31)53-36-21-23-42(44(51)26-36)47(28-49)32-7-5-6-29(24-32)27-48/h1-28,50-51H,46H2. The fourth-order valence-corrected chi connectivity index (χ4v) is 7.20. The molecule has 258 valence electrons. The van der Waals surface area contributed by atoms with E-state index in [2.05, 4.69) is 72.8 Å². The van der Waals surface area contributed by atoms with Crippen molar-refractivity contribution in [2.75, 3.05) is 10.6 Å². The van der Waals surface area contributed by atoms with Gasteiger partial charge in [-0.15, -0.1) is 0 Å². The van der Waals surface area contributed by atoms with E-state index in [9.17, 15) is 19.8 Å². The summed E-state index contributed by atoms with van der Waals surface area (Å²) in [5.41, 5.74) is 13.1. The first-order valence-corrected chi connectivity index (χ1v) is 16.9. The highest BCUT2D eigenvalue weighted by atomic mass is 16.5. The molecule has 7 aromatic carbocycles. The summed E-state index contributed by atoms with van der Waals surface area (Å²) >= 11 is 0. The highest BCUT2D eigenvalue weighted by molar-refractivity contribution is 5.91. The Morgan fingerprint density at radius 2 is 1.08 bits per heavy atom. The maximum Gasteiger partial charge on any atom is 0.218 e. The highest BCUT2D eigenvalue weighted by Gasteiger charge is 2.45. The van der Waals surface area contributed by atoms with Gasteiger partial charge in [0.05, 0.1) is 16.8 Å². The number of benzene rings is 7. The molecule has 0 aromatic heterocycles. The molecule has 0 spiro atoms. The van der Waals surface area contributed by atoms with E-state index >= 15 is 0 Å². The number of amides is 1. The first kappa shape index (κ1) is 32.9. The van der Waals surface area contributed by atoms with E-state index in [0.717, 1.165) is 33.4 Å². The zero-order chi connectivity index (χ0) is 36.5. The molecular formula is C45H32N2O6. The average Bonchev–Trinajstić information content (AvgIpc) is 3.49. The quantitative estimate of drug-likeness (QED) is 0.0739. The summed E-state index contributed by atoms with van der Waals surface area (Å²) in [5, 5.41) is 21.0. The molecule has 0 aliphatic heterocycles. The van der Waals surface area contributed by atoms with Crippen molar-refractivity contribution in [2.45, 2.75) is 5.41 Å². The third-order valence-electron chi connectivity index (χ3n) is 9.60. The molecule has 1 aliphatic rings. The van der Waals surface area contributed by atoms with E-state index in [-0.39, 0.29) is 22.9 Å². The van der Waals surface area contributed by atoms with Crippen LogP contribution in [0.25, 0.3) is 11.1 Å². The molecular weight excluding hydrogens is 665 g/mol. The number of rotatable bonds is 10. The number of carbonyl (C=O) groups is 2. The molecule has 0 radical (unpaired) electrons. The molecule has 8 rings (SSSR count). The lowest BCUT2D eigenvalue weighted by molar-refractivity contribution is -0.106. The second-order valence-corrected chi connectivity index (χ2v) is 12.7. The third kappa shape index (κ3) is 5.78. The number of phenolic OH excluding ortho intramolecular Hbond substituents is 2. The smallest absolute Gasteiger partial charge is 0.218 e. The van der Waals surface area contributed by atoms with Gasteiger partial charge in [-0.3, -0.25) is 14.5 Å². The van der Waals surface area contributed by atoms with Crippen LogP contribution < -0.4 is 20.1 Å². The fraction of sp³-hybridized carbons (Fsp3) is 0.0222. The van der Waals surface area contributed by atoms with Crippen LogP contribution in [0.5, 0.6) is 34.5 Å². The summed E-state index contributed by atoms with van der Waals surface area (Å²) in [6, 6.07) is 48.8. The van der Waals surface area contributed by atoms with Crippen LogP contribution in [-0.4, -0.2) is 22.9 Å². The SMILES string of the molecule is Nc1ccc(Oc2ccc(C3(c4ccc(Oc5ccc(N(C=O)c6cccc(C=O)c6)c(O)c5)cc4)c4ccccc4-c4ccccc43)cc2)cc1O. The zero-order valence-corrected chi connectivity index (χ0v) is 28.2. The topological polar surface area (TPSA) is 122 Å². The van der Waals surface area contributed by atoms with Crippen LogP contribution in [-0.2, 0) is 10.2 Å². The Morgan fingerprint density at radius 3 is 1.60 bits per heavy atom. The Hall–Kier alpha value is -7.32. The van der Waals surface area contributed by atoms with Crippen molar-refractivity contribution >= 4 is 29.8 Å². The van der Waals surface area contributed by atoms with Crippen LogP contribution >= 0.6 is 0 Å². The van der Waals surface area contributed by atoms with Gasteiger partial charge in [0.2, 0.25) is 6.41 Å². The van der Waals surface area contributed by atoms with Gasteiger partial charge in [0, 0.05) is 23.4 Å². The largest absolute Gasteiger partial charge is 0.506 e. The number of nitrogens with zero attached hydrogens (tertiary/aromatic N) is 1. The second kappa shape index (κ2) is 13.4. The van der Waals surface area contributed by atoms with Crippen LogP contribution in [0.15, 0.2) is 158 Å². The summed E-state index contributed by atoms with van der Waals surface area (Å²) in [7, 11) is 0. The van der Waals surface area contributed by atoms with Crippen LogP contribution in [0.2, 0.25) is 0 Å². The number of hydrogen-bond donors (Lipinski definition) is 3. The Balaban J connectivity index is 1.14. The van der Waals surface area contributed by atoms with Crippen LogP contribution in [0.4, 0.5) is 17.1 Å². The summed E-state index contributed by atoms with van der Waals surface area (Å²) in [6.45, 7) is 0.